The predicted octanol–water partition coefficient (Wildman–Crippen LogP) is 4.57. The fraction of sp³-hybridized carbons (Fsp3) is 0.200. The highest BCUT2D eigenvalue weighted by Crippen LogP contribution is 2.31. The molecule has 1 aliphatic rings. The van der Waals surface area contributed by atoms with Crippen molar-refractivity contribution in [3.63, 3.8) is 0 Å². The van der Waals surface area contributed by atoms with E-state index in [4.69, 9.17) is 14.6 Å². The Morgan fingerprint density at radius 2 is 1.88 bits per heavy atom. The number of carbonyl (C=O) groups is 1. The first kappa shape index (κ1) is 20.3. The second-order valence-electron chi connectivity index (χ2n) is 7.74. The first-order valence-electron chi connectivity index (χ1n) is 10.5. The van der Waals surface area contributed by atoms with Gasteiger partial charge in [-0.15, -0.1) is 11.3 Å². The minimum atomic E-state index is -0.233. The number of ether oxygens (including phenoxy) is 2. The Morgan fingerprint density at radius 1 is 1.09 bits per heavy atom. The molecule has 0 bridgehead atoms. The highest BCUT2D eigenvalue weighted by Gasteiger charge is 2.27. The van der Waals surface area contributed by atoms with Gasteiger partial charge in [-0.2, -0.15) is 5.10 Å². The third-order valence-electron chi connectivity index (χ3n) is 5.33. The van der Waals surface area contributed by atoms with Gasteiger partial charge in [-0.1, -0.05) is 48.5 Å². The molecule has 162 valence electrons. The first-order chi connectivity index (χ1) is 15.7. The van der Waals surface area contributed by atoms with Gasteiger partial charge >= 0.3 is 0 Å². The number of aromatic nitrogens is 2. The number of likely N-dealkylation sites (N-methyl/N-ethyl adjacent to an activating group) is 1. The zero-order valence-electron chi connectivity index (χ0n) is 17.7. The molecule has 0 saturated heterocycles. The van der Waals surface area contributed by atoms with Crippen molar-refractivity contribution in [3.05, 3.63) is 89.4 Å². The second kappa shape index (κ2) is 8.88. The lowest BCUT2D eigenvalue weighted by Crippen LogP contribution is -2.41. The van der Waals surface area contributed by atoms with Gasteiger partial charge in [0.1, 0.15) is 12.3 Å². The van der Waals surface area contributed by atoms with E-state index >= 15 is 0 Å². The summed E-state index contributed by atoms with van der Waals surface area (Å²) >= 11 is 1.58. The van der Waals surface area contributed by atoms with Crippen LogP contribution in [-0.4, -0.2) is 46.9 Å². The molecule has 3 heterocycles. The molecule has 7 heteroatoms. The van der Waals surface area contributed by atoms with Crippen molar-refractivity contribution in [2.45, 2.75) is 12.6 Å². The van der Waals surface area contributed by atoms with Gasteiger partial charge in [-0.3, -0.25) is 9.48 Å². The summed E-state index contributed by atoms with van der Waals surface area (Å²) in [6.07, 6.45) is 1.61. The third-order valence-corrected chi connectivity index (χ3v) is 6.20. The molecule has 1 amide bonds. The average Bonchev–Trinajstić information content (AvgIpc) is 3.49. The SMILES string of the molecule is CN(C[C@@H]1COc2ccccc2O1)C(=O)c1cn(Cc2ccccc2)nc1-c1cccs1. The number of carbonyl (C=O) groups excluding carboxylic acids is 1. The van der Waals surface area contributed by atoms with E-state index < -0.39 is 0 Å². The highest BCUT2D eigenvalue weighted by atomic mass is 32.1. The molecule has 6 nitrogen and oxygen atoms in total. The second-order valence-corrected chi connectivity index (χ2v) is 8.68. The fourth-order valence-electron chi connectivity index (χ4n) is 3.77. The maximum atomic E-state index is 13.4. The normalized spacial score (nSPS) is 14.8. The maximum absolute atomic E-state index is 13.4. The molecule has 0 N–H and O–H groups in total. The first-order valence-corrected chi connectivity index (χ1v) is 11.3. The van der Waals surface area contributed by atoms with Crippen molar-refractivity contribution in [2.75, 3.05) is 20.2 Å². The van der Waals surface area contributed by atoms with Crippen LogP contribution in [0.2, 0.25) is 0 Å². The Balaban J connectivity index is 1.36. The van der Waals surface area contributed by atoms with Crippen molar-refractivity contribution in [1.29, 1.82) is 0 Å². The number of rotatable bonds is 6. The summed E-state index contributed by atoms with van der Waals surface area (Å²) in [5.41, 5.74) is 2.42. The number of thiophene rings is 1. The van der Waals surface area contributed by atoms with Gasteiger partial charge in [0.2, 0.25) is 0 Å². The van der Waals surface area contributed by atoms with Crippen LogP contribution >= 0.6 is 11.3 Å². The molecular formula is C25H23N3O3S. The van der Waals surface area contributed by atoms with E-state index in [1.54, 1.807) is 23.3 Å². The molecule has 2 aromatic heterocycles. The summed E-state index contributed by atoms with van der Waals surface area (Å²) in [5, 5.41) is 6.75. The third kappa shape index (κ3) is 4.24. The molecule has 1 atom stereocenters. The van der Waals surface area contributed by atoms with Gasteiger partial charge in [-0.05, 0) is 29.1 Å². The van der Waals surface area contributed by atoms with Crippen molar-refractivity contribution in [3.8, 4) is 22.1 Å². The monoisotopic (exact) mass is 445 g/mol. The highest BCUT2D eigenvalue weighted by molar-refractivity contribution is 7.13. The fourth-order valence-corrected chi connectivity index (χ4v) is 4.49. The number of amides is 1. The summed E-state index contributed by atoms with van der Waals surface area (Å²) in [5.74, 6) is 1.36. The van der Waals surface area contributed by atoms with Crippen LogP contribution in [0.1, 0.15) is 15.9 Å². The number of hydrogen-bond donors (Lipinski definition) is 0. The van der Waals surface area contributed by atoms with Gasteiger partial charge in [-0.25, -0.2) is 0 Å². The Bertz CT molecular complexity index is 1200. The molecule has 0 radical (unpaired) electrons. The zero-order valence-corrected chi connectivity index (χ0v) is 18.5. The number of fused-ring (bicyclic) bond motifs is 1. The Labute approximate surface area is 190 Å². The minimum absolute atomic E-state index is 0.0878. The van der Waals surface area contributed by atoms with Gasteiger partial charge in [0.05, 0.1) is 23.5 Å². The Morgan fingerprint density at radius 3 is 2.66 bits per heavy atom. The summed E-state index contributed by atoms with van der Waals surface area (Å²) in [6.45, 7) is 1.42. The van der Waals surface area contributed by atoms with Gasteiger partial charge < -0.3 is 14.4 Å². The molecule has 5 rings (SSSR count). The number of para-hydroxylation sites is 2. The molecule has 0 aliphatic carbocycles. The summed E-state index contributed by atoms with van der Waals surface area (Å²) < 4.78 is 13.7. The van der Waals surface area contributed by atoms with Crippen LogP contribution in [0.25, 0.3) is 10.6 Å². The molecule has 0 spiro atoms. The van der Waals surface area contributed by atoms with Crippen LogP contribution in [0.3, 0.4) is 0 Å². The summed E-state index contributed by atoms with van der Waals surface area (Å²) in [7, 11) is 1.79. The van der Waals surface area contributed by atoms with Crippen LogP contribution in [0.4, 0.5) is 0 Å². The number of hydrogen-bond acceptors (Lipinski definition) is 5. The van der Waals surface area contributed by atoms with Gasteiger partial charge in [0, 0.05) is 13.2 Å². The molecular weight excluding hydrogens is 422 g/mol. The molecule has 32 heavy (non-hydrogen) atoms. The topological polar surface area (TPSA) is 56.6 Å². The number of benzene rings is 2. The Kier molecular flexibility index (Phi) is 5.64. The van der Waals surface area contributed by atoms with E-state index in [0.29, 0.717) is 36.7 Å². The van der Waals surface area contributed by atoms with E-state index in [-0.39, 0.29) is 12.0 Å². The minimum Gasteiger partial charge on any atom is -0.486 e. The van der Waals surface area contributed by atoms with Crippen LogP contribution in [0.5, 0.6) is 11.5 Å². The molecule has 1 aliphatic heterocycles. The molecule has 2 aromatic carbocycles. The zero-order chi connectivity index (χ0) is 21.9. The quantitative estimate of drug-likeness (QED) is 0.436. The molecule has 0 unspecified atom stereocenters. The van der Waals surface area contributed by atoms with Crippen LogP contribution in [0.15, 0.2) is 78.3 Å². The van der Waals surface area contributed by atoms with Gasteiger partial charge in [0.15, 0.2) is 17.6 Å². The lowest BCUT2D eigenvalue weighted by atomic mass is 10.2. The lowest BCUT2D eigenvalue weighted by molar-refractivity contribution is 0.0521. The van der Waals surface area contributed by atoms with E-state index in [1.165, 1.54) is 0 Å². The largest absolute Gasteiger partial charge is 0.486 e. The lowest BCUT2D eigenvalue weighted by Gasteiger charge is -2.29. The summed E-state index contributed by atoms with van der Waals surface area (Å²) in [6, 6.07) is 21.7. The van der Waals surface area contributed by atoms with Crippen LogP contribution < -0.4 is 9.47 Å². The maximum Gasteiger partial charge on any atom is 0.257 e. The van der Waals surface area contributed by atoms with E-state index in [9.17, 15) is 4.79 Å². The van der Waals surface area contributed by atoms with E-state index in [2.05, 4.69) is 12.1 Å². The predicted molar refractivity (Wildman–Crippen MR) is 124 cm³/mol. The van der Waals surface area contributed by atoms with Crippen LogP contribution in [-0.2, 0) is 6.54 Å². The molecule has 4 aromatic rings. The van der Waals surface area contributed by atoms with Crippen molar-refractivity contribution in [1.82, 2.24) is 14.7 Å². The van der Waals surface area contributed by atoms with E-state index in [0.717, 1.165) is 16.2 Å². The average molecular weight is 446 g/mol. The van der Waals surface area contributed by atoms with Gasteiger partial charge in [0.25, 0.3) is 5.91 Å². The standard InChI is InChI=1S/C25H23N3O3S/c1-27(15-19-17-30-21-10-5-6-11-22(21)31-19)25(29)20-16-28(14-18-8-3-2-4-9-18)26-24(20)23-12-7-13-32-23/h2-13,16,19H,14-15,17H2,1H3/t19-/m1/s1. The van der Waals surface area contributed by atoms with Crippen molar-refractivity contribution >= 4 is 17.2 Å². The molecule has 0 fully saturated rings. The molecule has 0 saturated carbocycles. The van der Waals surface area contributed by atoms with Crippen molar-refractivity contribution in [2.24, 2.45) is 0 Å². The van der Waals surface area contributed by atoms with Crippen LogP contribution in [0, 0.1) is 0 Å². The summed E-state index contributed by atoms with van der Waals surface area (Å²) in [4.78, 5) is 16.1. The Hall–Kier alpha value is -3.58. The van der Waals surface area contributed by atoms with E-state index in [1.807, 2.05) is 70.9 Å². The number of nitrogens with zero attached hydrogens (tertiary/aromatic N) is 3. The van der Waals surface area contributed by atoms with Crippen molar-refractivity contribution < 1.29 is 14.3 Å². The smallest absolute Gasteiger partial charge is 0.257 e.